The summed E-state index contributed by atoms with van der Waals surface area (Å²) in [5.74, 6) is 2.67. The van der Waals surface area contributed by atoms with Gasteiger partial charge in [0.25, 0.3) is 0 Å². The van der Waals surface area contributed by atoms with E-state index in [-0.39, 0.29) is 11.5 Å². The molecule has 6 rings (SSSR count). The van der Waals surface area contributed by atoms with Crippen molar-refractivity contribution < 1.29 is 14.2 Å². The molecule has 2 aliphatic carbocycles. The Morgan fingerprint density at radius 1 is 1.14 bits per heavy atom. The number of rotatable bonds is 4. The summed E-state index contributed by atoms with van der Waals surface area (Å²) in [6.07, 6.45) is 6.39. The molecule has 0 N–H and O–H groups in total. The third-order valence-electron chi connectivity index (χ3n) is 7.17. The van der Waals surface area contributed by atoms with Gasteiger partial charge in [-0.05, 0) is 55.3 Å². The fourth-order valence-corrected chi connectivity index (χ4v) is 5.79. The number of allylic oxidation sites excluding steroid dienone is 2. The smallest absolute Gasteiger partial charge is 0.169 e. The zero-order valence-electron chi connectivity index (χ0n) is 16.9. The molecule has 1 fully saturated rings. The van der Waals surface area contributed by atoms with Gasteiger partial charge in [0.2, 0.25) is 0 Å². The Morgan fingerprint density at radius 3 is 2.83 bits per heavy atom. The van der Waals surface area contributed by atoms with Gasteiger partial charge >= 0.3 is 0 Å². The number of hydrogen-bond acceptors (Lipinski definition) is 4. The van der Waals surface area contributed by atoms with Crippen LogP contribution >= 0.6 is 0 Å². The van der Waals surface area contributed by atoms with E-state index in [4.69, 9.17) is 14.2 Å². The van der Waals surface area contributed by atoms with Gasteiger partial charge < -0.3 is 14.2 Å². The predicted molar refractivity (Wildman–Crippen MR) is 111 cm³/mol. The molecule has 4 nitrogen and oxygen atoms in total. The van der Waals surface area contributed by atoms with Crippen molar-refractivity contribution in [3.05, 3.63) is 82.6 Å². The molecule has 0 radical (unpaired) electrons. The highest BCUT2D eigenvalue weighted by atomic mass is 16.6. The number of likely N-dealkylation sites (N-methyl/N-ethyl adjacent to an activating group) is 1. The lowest BCUT2D eigenvalue weighted by atomic mass is 9.57. The summed E-state index contributed by atoms with van der Waals surface area (Å²) in [7, 11) is 3.96. The van der Waals surface area contributed by atoms with Crippen molar-refractivity contribution in [2.24, 2.45) is 0 Å². The molecule has 0 saturated carbocycles. The lowest BCUT2D eigenvalue weighted by Gasteiger charge is -2.52. The maximum absolute atomic E-state index is 6.66. The van der Waals surface area contributed by atoms with E-state index in [9.17, 15) is 0 Å². The van der Waals surface area contributed by atoms with Crippen molar-refractivity contribution in [3.8, 4) is 11.5 Å². The Bertz CT molecular complexity index is 1040. The van der Waals surface area contributed by atoms with Crippen LogP contribution in [0.3, 0.4) is 0 Å². The van der Waals surface area contributed by atoms with Gasteiger partial charge in [-0.3, -0.25) is 4.90 Å². The van der Waals surface area contributed by atoms with E-state index in [0.29, 0.717) is 12.6 Å². The van der Waals surface area contributed by atoms with Crippen LogP contribution in [0, 0.1) is 0 Å². The van der Waals surface area contributed by atoms with E-state index >= 15 is 0 Å². The fraction of sp³-hybridized carbons (Fsp3) is 0.360. The van der Waals surface area contributed by atoms with Crippen molar-refractivity contribution in [2.75, 3.05) is 20.7 Å². The quantitative estimate of drug-likeness (QED) is 0.794. The van der Waals surface area contributed by atoms with E-state index in [1.54, 1.807) is 7.11 Å². The topological polar surface area (TPSA) is 30.9 Å². The number of ether oxygens (including phenoxy) is 3. The average Bonchev–Trinajstić information content (AvgIpc) is 3.11. The van der Waals surface area contributed by atoms with Crippen molar-refractivity contribution in [3.63, 3.8) is 0 Å². The molecule has 1 saturated heterocycles. The second-order valence-electron chi connectivity index (χ2n) is 8.52. The van der Waals surface area contributed by atoms with Gasteiger partial charge in [-0.1, -0.05) is 42.5 Å². The lowest BCUT2D eigenvalue weighted by molar-refractivity contribution is 0.0557. The molecule has 4 heteroatoms. The largest absolute Gasteiger partial charge is 0.493 e. The molecule has 2 heterocycles. The molecular weight excluding hydrogens is 362 g/mol. The van der Waals surface area contributed by atoms with Crippen LogP contribution in [0.5, 0.6) is 11.5 Å². The van der Waals surface area contributed by atoms with Crippen LogP contribution in [0.25, 0.3) is 0 Å². The molecule has 3 atom stereocenters. The van der Waals surface area contributed by atoms with E-state index in [0.717, 1.165) is 36.6 Å². The number of likely N-dealkylation sites (tertiary alicyclic amines) is 1. The number of methoxy groups -OCH3 is 1. The normalized spacial score (nSPS) is 28.8. The molecule has 148 valence electrons. The van der Waals surface area contributed by atoms with E-state index in [2.05, 4.69) is 48.4 Å². The minimum absolute atomic E-state index is 0.118. The van der Waals surface area contributed by atoms with E-state index < -0.39 is 0 Å². The zero-order valence-corrected chi connectivity index (χ0v) is 16.9. The van der Waals surface area contributed by atoms with Gasteiger partial charge in [0, 0.05) is 11.6 Å². The Morgan fingerprint density at radius 2 is 2.00 bits per heavy atom. The summed E-state index contributed by atoms with van der Waals surface area (Å²) in [6.45, 7) is 1.61. The average molecular weight is 387 g/mol. The van der Waals surface area contributed by atoms with Crippen LogP contribution in [0.1, 0.15) is 23.1 Å². The molecule has 0 aromatic heterocycles. The first-order chi connectivity index (χ1) is 14.2. The summed E-state index contributed by atoms with van der Waals surface area (Å²) >= 11 is 0. The standard InChI is InChI=1S/C25H25NO3/c1-26-13-12-25-18-9-11-21(28-15-16-6-4-3-5-7-16)24(25)29-23-20(27-2)10-8-17(22(23)25)14-19(18)26/h3-11,19,24H,12-15H2,1-2H3/t19-,24+,25+/m1/s1. The summed E-state index contributed by atoms with van der Waals surface area (Å²) in [6, 6.07) is 15.0. The molecular formula is C25H25NO3. The van der Waals surface area contributed by atoms with E-state index in [1.165, 1.54) is 22.3 Å². The summed E-state index contributed by atoms with van der Waals surface area (Å²) in [4.78, 5) is 2.49. The van der Waals surface area contributed by atoms with Crippen LogP contribution in [0.15, 0.2) is 65.9 Å². The highest BCUT2D eigenvalue weighted by Crippen LogP contribution is 2.62. The minimum atomic E-state index is -0.130. The molecule has 0 unspecified atom stereocenters. The Hall–Kier alpha value is -2.72. The molecule has 2 aromatic carbocycles. The predicted octanol–water partition coefficient (Wildman–Crippen LogP) is 3.99. The molecule has 0 amide bonds. The van der Waals surface area contributed by atoms with Gasteiger partial charge in [0.15, 0.2) is 17.6 Å². The van der Waals surface area contributed by atoms with E-state index in [1.807, 2.05) is 18.2 Å². The Labute approximate surface area is 171 Å². The Kier molecular flexibility index (Phi) is 3.63. The van der Waals surface area contributed by atoms with Crippen molar-refractivity contribution in [2.45, 2.75) is 37.0 Å². The maximum Gasteiger partial charge on any atom is 0.169 e. The molecule has 2 bridgehead atoms. The number of benzene rings is 2. The third kappa shape index (κ3) is 2.24. The number of nitrogens with zero attached hydrogens (tertiary/aromatic N) is 1. The molecule has 1 spiro atoms. The first-order valence-corrected chi connectivity index (χ1v) is 10.4. The molecule has 2 aliphatic heterocycles. The third-order valence-corrected chi connectivity index (χ3v) is 7.17. The van der Waals surface area contributed by atoms with Crippen molar-refractivity contribution >= 4 is 0 Å². The summed E-state index contributed by atoms with van der Waals surface area (Å²) in [5, 5.41) is 0. The SMILES string of the molecule is COc1ccc2c3c1O[C@H]1C(OCc4ccccc4)=CC=C4[C@@H](C2)N(C)CC[C@]431. The maximum atomic E-state index is 6.66. The molecule has 4 aliphatic rings. The highest BCUT2D eigenvalue weighted by molar-refractivity contribution is 5.67. The number of hydrogen-bond donors (Lipinski definition) is 0. The van der Waals surface area contributed by atoms with Gasteiger partial charge in [-0.25, -0.2) is 0 Å². The van der Waals surface area contributed by atoms with Crippen LogP contribution < -0.4 is 9.47 Å². The van der Waals surface area contributed by atoms with Gasteiger partial charge in [-0.15, -0.1) is 0 Å². The van der Waals surface area contributed by atoms with Crippen molar-refractivity contribution in [1.29, 1.82) is 0 Å². The van der Waals surface area contributed by atoms with Crippen LogP contribution in [0.4, 0.5) is 0 Å². The monoisotopic (exact) mass is 387 g/mol. The minimum Gasteiger partial charge on any atom is -0.493 e. The first-order valence-electron chi connectivity index (χ1n) is 10.4. The van der Waals surface area contributed by atoms with Gasteiger partial charge in [0.1, 0.15) is 12.4 Å². The summed E-state index contributed by atoms with van der Waals surface area (Å²) < 4.78 is 18.7. The number of piperidine rings is 1. The second-order valence-corrected chi connectivity index (χ2v) is 8.52. The summed E-state index contributed by atoms with van der Waals surface area (Å²) in [5.41, 5.74) is 5.24. The Balaban J connectivity index is 1.47. The molecule has 29 heavy (non-hydrogen) atoms. The zero-order chi connectivity index (χ0) is 19.6. The fourth-order valence-electron chi connectivity index (χ4n) is 5.79. The molecule has 2 aromatic rings. The van der Waals surface area contributed by atoms with Crippen LogP contribution in [-0.2, 0) is 23.2 Å². The lowest BCUT2D eigenvalue weighted by Crippen LogP contribution is -2.58. The van der Waals surface area contributed by atoms with Crippen LogP contribution in [-0.4, -0.2) is 37.7 Å². The van der Waals surface area contributed by atoms with Crippen LogP contribution in [0.2, 0.25) is 0 Å². The van der Waals surface area contributed by atoms with Crippen molar-refractivity contribution in [1.82, 2.24) is 4.90 Å². The first kappa shape index (κ1) is 17.2. The van der Waals surface area contributed by atoms with Gasteiger partial charge in [-0.2, -0.15) is 0 Å². The second kappa shape index (κ2) is 6.14. The van der Waals surface area contributed by atoms with Gasteiger partial charge in [0.05, 0.1) is 12.5 Å². The highest BCUT2D eigenvalue weighted by Gasteiger charge is 2.62.